The summed E-state index contributed by atoms with van der Waals surface area (Å²) in [6, 6.07) is 0. The number of sulfone groups is 1. The van der Waals surface area contributed by atoms with Crippen LogP contribution in [0.15, 0.2) is 0 Å². The van der Waals surface area contributed by atoms with Crippen molar-refractivity contribution in [3.8, 4) is 0 Å². The molecule has 0 amide bonds. The molecule has 4 nitrogen and oxygen atoms in total. The number of aliphatic hydroxyl groups is 2. The number of aliphatic hydroxyl groups excluding tert-OH is 2. The molecule has 0 bridgehead atoms. The van der Waals surface area contributed by atoms with Gasteiger partial charge in [0.25, 0.3) is 0 Å². The Morgan fingerprint density at radius 1 is 0.941 bits per heavy atom. The van der Waals surface area contributed by atoms with Gasteiger partial charge in [-0.25, -0.2) is 8.42 Å². The van der Waals surface area contributed by atoms with Gasteiger partial charge in [-0.15, -0.1) is 23.2 Å². The summed E-state index contributed by atoms with van der Waals surface area (Å²) in [5, 5.41) is 19.4. The Morgan fingerprint density at radius 2 is 1.24 bits per heavy atom. The Kier molecular flexibility index (Phi) is 8.00. The zero-order valence-corrected chi connectivity index (χ0v) is 12.3. The fourth-order valence-electron chi connectivity index (χ4n) is 1.42. The summed E-state index contributed by atoms with van der Waals surface area (Å²) < 4.78 is 23.8. The summed E-state index contributed by atoms with van der Waals surface area (Å²) in [6.07, 6.45) is 0.747. The fourth-order valence-corrected chi connectivity index (χ4v) is 3.96. The molecule has 4 unspecified atom stereocenters. The number of halogens is 2. The monoisotopic (exact) mass is 306 g/mol. The Balaban J connectivity index is 4.75. The Morgan fingerprint density at radius 3 is 1.47 bits per heavy atom. The molecule has 0 saturated carbocycles. The lowest BCUT2D eigenvalue weighted by atomic mass is 10.1. The Bertz CT molecular complexity index is 283. The maximum absolute atomic E-state index is 11.9. The van der Waals surface area contributed by atoms with E-state index in [-0.39, 0.29) is 11.8 Å². The third kappa shape index (κ3) is 4.91. The van der Waals surface area contributed by atoms with Crippen molar-refractivity contribution in [2.75, 3.05) is 11.8 Å². The van der Waals surface area contributed by atoms with E-state index >= 15 is 0 Å². The van der Waals surface area contributed by atoms with Crippen molar-refractivity contribution in [1.82, 2.24) is 0 Å². The summed E-state index contributed by atoms with van der Waals surface area (Å²) in [4.78, 5) is 0. The minimum Gasteiger partial charge on any atom is -0.377 e. The van der Waals surface area contributed by atoms with Crippen molar-refractivity contribution in [1.29, 1.82) is 0 Å². The van der Waals surface area contributed by atoms with Crippen molar-refractivity contribution in [3.05, 3.63) is 0 Å². The van der Waals surface area contributed by atoms with E-state index in [1.807, 2.05) is 0 Å². The van der Waals surface area contributed by atoms with Crippen LogP contribution in [0.3, 0.4) is 0 Å². The van der Waals surface area contributed by atoms with Crippen LogP contribution in [0.1, 0.15) is 26.7 Å². The van der Waals surface area contributed by atoms with E-state index in [0.29, 0.717) is 12.8 Å². The first-order chi connectivity index (χ1) is 7.78. The van der Waals surface area contributed by atoms with E-state index in [2.05, 4.69) is 0 Å². The van der Waals surface area contributed by atoms with Crippen molar-refractivity contribution in [2.45, 2.75) is 37.6 Å². The van der Waals surface area contributed by atoms with Crippen molar-refractivity contribution in [2.24, 2.45) is 11.8 Å². The van der Waals surface area contributed by atoms with Gasteiger partial charge in [0.1, 0.15) is 0 Å². The lowest BCUT2D eigenvalue weighted by molar-refractivity contribution is 0.150. The van der Waals surface area contributed by atoms with Crippen LogP contribution < -0.4 is 0 Å². The smallest absolute Gasteiger partial charge is 0.203 e. The summed E-state index contributed by atoms with van der Waals surface area (Å²) in [7, 11) is -3.99. The lowest BCUT2D eigenvalue weighted by Gasteiger charge is -2.24. The van der Waals surface area contributed by atoms with Gasteiger partial charge >= 0.3 is 0 Å². The molecule has 0 heterocycles. The molecule has 2 N–H and O–H groups in total. The van der Waals surface area contributed by atoms with Gasteiger partial charge in [0.2, 0.25) is 9.84 Å². The molecule has 0 aromatic rings. The second kappa shape index (κ2) is 7.79. The lowest BCUT2D eigenvalue weighted by Crippen LogP contribution is -2.39. The number of alkyl halides is 2. The first kappa shape index (κ1) is 17.4. The van der Waals surface area contributed by atoms with Gasteiger partial charge in [-0.2, -0.15) is 0 Å². The molecule has 104 valence electrons. The summed E-state index contributed by atoms with van der Waals surface area (Å²) in [5.74, 6) is -0.479. The molecule has 4 atom stereocenters. The van der Waals surface area contributed by atoms with Gasteiger partial charge in [-0.1, -0.05) is 13.8 Å². The van der Waals surface area contributed by atoms with Crippen LogP contribution in [0.2, 0.25) is 0 Å². The van der Waals surface area contributed by atoms with Crippen LogP contribution in [0.5, 0.6) is 0 Å². The highest BCUT2D eigenvalue weighted by molar-refractivity contribution is 7.92. The largest absolute Gasteiger partial charge is 0.377 e. The topological polar surface area (TPSA) is 74.6 Å². The average Bonchev–Trinajstić information content (AvgIpc) is 2.27. The summed E-state index contributed by atoms with van der Waals surface area (Å²) in [6.45, 7) is 3.17. The molecule has 0 aromatic carbocycles. The van der Waals surface area contributed by atoms with Gasteiger partial charge in [0, 0.05) is 11.8 Å². The molecule has 17 heavy (non-hydrogen) atoms. The third-order valence-corrected chi connectivity index (χ3v) is 5.49. The van der Waals surface area contributed by atoms with Crippen molar-refractivity contribution in [3.63, 3.8) is 0 Å². The molecular weight excluding hydrogens is 287 g/mol. The second-order valence-electron chi connectivity index (χ2n) is 4.28. The third-order valence-electron chi connectivity index (χ3n) is 2.78. The maximum Gasteiger partial charge on any atom is 0.203 e. The molecule has 7 heteroatoms. The van der Waals surface area contributed by atoms with Crippen LogP contribution in [-0.2, 0) is 9.84 Å². The van der Waals surface area contributed by atoms with E-state index in [4.69, 9.17) is 23.2 Å². The minimum absolute atomic E-state index is 0.265. The molecule has 0 fully saturated rings. The average molecular weight is 307 g/mol. The number of rotatable bonds is 8. The van der Waals surface area contributed by atoms with Crippen molar-refractivity contribution >= 4 is 33.0 Å². The molecule has 0 aromatic heterocycles. The van der Waals surface area contributed by atoms with Crippen LogP contribution in [-0.4, -0.2) is 41.3 Å². The van der Waals surface area contributed by atoms with Crippen molar-refractivity contribution < 1.29 is 18.6 Å². The number of hydrogen-bond acceptors (Lipinski definition) is 4. The molecule has 0 aliphatic carbocycles. The zero-order chi connectivity index (χ0) is 13.6. The molecule has 0 saturated heterocycles. The van der Waals surface area contributed by atoms with Crippen LogP contribution in [0.25, 0.3) is 0 Å². The first-order valence-electron chi connectivity index (χ1n) is 5.49. The highest BCUT2D eigenvalue weighted by atomic mass is 35.5. The zero-order valence-electron chi connectivity index (χ0n) is 10.0. The SMILES string of the molecule is CC(CCCl)C(O)S(=O)(=O)C(O)C(C)CCCl. The van der Waals surface area contributed by atoms with E-state index in [1.165, 1.54) is 0 Å². The Hall–Kier alpha value is 0.450. The highest BCUT2D eigenvalue weighted by Crippen LogP contribution is 2.23. The van der Waals surface area contributed by atoms with E-state index in [9.17, 15) is 18.6 Å². The first-order valence-corrected chi connectivity index (χ1v) is 8.17. The highest BCUT2D eigenvalue weighted by Gasteiger charge is 2.37. The predicted molar refractivity (Wildman–Crippen MR) is 69.9 cm³/mol. The number of hydrogen-bond donors (Lipinski definition) is 2. The molecule has 0 spiro atoms. The van der Waals surface area contributed by atoms with Crippen LogP contribution in [0.4, 0.5) is 0 Å². The fraction of sp³-hybridized carbons (Fsp3) is 1.00. The molecule has 0 rings (SSSR count). The normalized spacial score (nSPS) is 19.6. The van der Waals surface area contributed by atoms with Gasteiger partial charge in [-0.3, -0.25) is 0 Å². The van der Waals surface area contributed by atoms with E-state index in [1.54, 1.807) is 13.8 Å². The second-order valence-corrected chi connectivity index (χ2v) is 7.18. The minimum atomic E-state index is -3.99. The quantitative estimate of drug-likeness (QED) is 0.668. The summed E-state index contributed by atoms with van der Waals surface area (Å²) in [5.41, 5.74) is -3.18. The van der Waals surface area contributed by atoms with Gasteiger partial charge in [0.15, 0.2) is 10.9 Å². The standard InChI is InChI=1S/C10H20Cl2O4S/c1-7(3-5-11)9(13)17(15,16)10(14)8(2)4-6-12/h7-10,13-14H,3-6H2,1-2H3. The Labute approximate surface area is 113 Å². The van der Waals surface area contributed by atoms with E-state index < -0.39 is 32.5 Å². The van der Waals surface area contributed by atoms with Crippen LogP contribution in [0, 0.1) is 11.8 Å². The van der Waals surface area contributed by atoms with E-state index in [0.717, 1.165) is 0 Å². The maximum atomic E-state index is 11.9. The molecule has 0 aliphatic heterocycles. The van der Waals surface area contributed by atoms with Crippen LogP contribution >= 0.6 is 23.2 Å². The van der Waals surface area contributed by atoms with Gasteiger partial charge < -0.3 is 10.2 Å². The molecular formula is C10H20Cl2O4S. The molecule has 0 radical (unpaired) electrons. The predicted octanol–water partition coefficient (Wildman–Crippen LogP) is 1.57. The van der Waals surface area contributed by atoms with Gasteiger partial charge in [0.05, 0.1) is 0 Å². The van der Waals surface area contributed by atoms with Gasteiger partial charge in [-0.05, 0) is 24.7 Å². The molecule has 0 aliphatic rings. The summed E-state index contributed by atoms with van der Waals surface area (Å²) >= 11 is 11.0.